The van der Waals surface area contributed by atoms with Gasteiger partial charge in [-0.05, 0) is 24.6 Å². The molecule has 0 heterocycles. The average molecular weight is 182 g/mol. The molecule has 0 saturated carbocycles. The molecular formula is C10H14O3. The van der Waals surface area contributed by atoms with Crippen LogP contribution < -0.4 is 0 Å². The summed E-state index contributed by atoms with van der Waals surface area (Å²) in [6, 6.07) is 4.26. The van der Waals surface area contributed by atoms with Crippen molar-refractivity contribution < 1.29 is 15.0 Å². The maximum Gasteiger partial charge on any atom is 0.336 e. The molecule has 1 aromatic rings. The van der Waals surface area contributed by atoms with Crippen LogP contribution in [0.4, 0.5) is 0 Å². The van der Waals surface area contributed by atoms with Crippen LogP contribution in [0.25, 0.3) is 0 Å². The number of hydrogen-bond donors (Lipinski definition) is 2. The largest absolute Gasteiger partial charge is 0.508 e. The van der Waals surface area contributed by atoms with Gasteiger partial charge in [-0.1, -0.05) is 19.9 Å². The lowest BCUT2D eigenvalue weighted by molar-refractivity contribution is 0.0695. The zero-order chi connectivity index (χ0) is 10.4. The number of aromatic carboxylic acids is 1. The number of carboxylic acid groups (broad SMARTS) is 1. The fraction of sp³-hybridized carbons (Fsp3) is 0.300. The first-order valence-corrected chi connectivity index (χ1v) is 4.14. The summed E-state index contributed by atoms with van der Waals surface area (Å²) >= 11 is 0. The molecule has 0 aliphatic carbocycles. The molecule has 0 spiro atoms. The molecule has 0 radical (unpaired) electrons. The van der Waals surface area contributed by atoms with Crippen molar-refractivity contribution >= 4 is 5.97 Å². The zero-order valence-electron chi connectivity index (χ0n) is 8.03. The monoisotopic (exact) mass is 182 g/mol. The van der Waals surface area contributed by atoms with Gasteiger partial charge >= 0.3 is 5.97 Å². The number of hydrogen-bond acceptors (Lipinski definition) is 2. The van der Waals surface area contributed by atoms with Gasteiger partial charge in [-0.25, -0.2) is 4.79 Å². The molecule has 3 nitrogen and oxygen atoms in total. The van der Waals surface area contributed by atoms with E-state index in [1.54, 1.807) is 13.0 Å². The standard InChI is InChI=1S/C8H8O3.C2H6/c1-5-2-3-6(9)4-7(5)8(10)11;1-2/h2-4,9H,1H3,(H,10,11);1-2H3. The Labute approximate surface area is 77.6 Å². The van der Waals surface area contributed by atoms with Crippen LogP contribution in [0.1, 0.15) is 29.8 Å². The van der Waals surface area contributed by atoms with Crippen LogP contribution in [0.5, 0.6) is 5.75 Å². The maximum absolute atomic E-state index is 10.5. The Kier molecular flexibility index (Phi) is 4.59. The third kappa shape index (κ3) is 3.15. The third-order valence-corrected chi connectivity index (χ3v) is 1.45. The zero-order valence-corrected chi connectivity index (χ0v) is 8.03. The number of benzene rings is 1. The first kappa shape index (κ1) is 11.5. The van der Waals surface area contributed by atoms with E-state index in [-0.39, 0.29) is 11.3 Å². The van der Waals surface area contributed by atoms with E-state index in [2.05, 4.69) is 0 Å². The number of aryl methyl sites for hydroxylation is 1. The lowest BCUT2D eigenvalue weighted by atomic mass is 10.1. The molecule has 0 atom stereocenters. The second-order valence-electron chi connectivity index (χ2n) is 2.30. The SMILES string of the molecule is CC.Cc1ccc(O)cc1C(=O)O. The molecular weight excluding hydrogens is 168 g/mol. The van der Waals surface area contributed by atoms with E-state index in [9.17, 15) is 4.79 Å². The van der Waals surface area contributed by atoms with Crippen LogP contribution in [0.2, 0.25) is 0 Å². The molecule has 0 saturated heterocycles. The van der Waals surface area contributed by atoms with Crippen LogP contribution in [0.3, 0.4) is 0 Å². The lowest BCUT2D eigenvalue weighted by Crippen LogP contribution is -1.98. The van der Waals surface area contributed by atoms with Gasteiger partial charge in [0, 0.05) is 0 Å². The maximum atomic E-state index is 10.5. The molecule has 13 heavy (non-hydrogen) atoms. The normalized spacial score (nSPS) is 8.54. The summed E-state index contributed by atoms with van der Waals surface area (Å²) in [7, 11) is 0. The Morgan fingerprint density at radius 1 is 1.31 bits per heavy atom. The summed E-state index contributed by atoms with van der Waals surface area (Å²) in [6.07, 6.45) is 0. The van der Waals surface area contributed by atoms with Crippen molar-refractivity contribution in [1.29, 1.82) is 0 Å². The number of carboxylic acids is 1. The highest BCUT2D eigenvalue weighted by molar-refractivity contribution is 5.89. The molecule has 0 bridgehead atoms. The molecule has 0 amide bonds. The van der Waals surface area contributed by atoms with Crippen LogP contribution >= 0.6 is 0 Å². The number of carbonyl (C=O) groups is 1. The molecule has 2 N–H and O–H groups in total. The van der Waals surface area contributed by atoms with Gasteiger partial charge in [0.1, 0.15) is 5.75 Å². The predicted octanol–water partition coefficient (Wildman–Crippen LogP) is 2.43. The first-order chi connectivity index (χ1) is 6.11. The van der Waals surface area contributed by atoms with Gasteiger partial charge in [0.2, 0.25) is 0 Å². The highest BCUT2D eigenvalue weighted by atomic mass is 16.4. The average Bonchev–Trinajstić information content (AvgIpc) is 2.12. The molecule has 1 aromatic carbocycles. The molecule has 0 unspecified atom stereocenters. The van der Waals surface area contributed by atoms with Gasteiger partial charge in [-0.3, -0.25) is 0 Å². The summed E-state index contributed by atoms with van der Waals surface area (Å²) in [6.45, 7) is 5.68. The number of rotatable bonds is 1. The quantitative estimate of drug-likeness (QED) is 0.701. The lowest BCUT2D eigenvalue weighted by Gasteiger charge is -1.99. The van der Waals surface area contributed by atoms with Crippen LogP contribution in [0.15, 0.2) is 18.2 Å². The number of phenols is 1. The molecule has 1 rings (SSSR count). The Morgan fingerprint density at radius 3 is 2.23 bits per heavy atom. The molecule has 3 heteroatoms. The van der Waals surface area contributed by atoms with Crippen LogP contribution in [0, 0.1) is 6.92 Å². The van der Waals surface area contributed by atoms with Crippen molar-refractivity contribution in [3.05, 3.63) is 29.3 Å². The smallest absolute Gasteiger partial charge is 0.336 e. The second-order valence-corrected chi connectivity index (χ2v) is 2.30. The van der Waals surface area contributed by atoms with Gasteiger partial charge in [-0.15, -0.1) is 0 Å². The Balaban J connectivity index is 0.000000671. The first-order valence-electron chi connectivity index (χ1n) is 4.14. The van der Waals surface area contributed by atoms with E-state index >= 15 is 0 Å². The minimum atomic E-state index is -1.02. The van der Waals surface area contributed by atoms with Gasteiger partial charge in [-0.2, -0.15) is 0 Å². The van der Waals surface area contributed by atoms with Crippen molar-refractivity contribution in [1.82, 2.24) is 0 Å². The minimum Gasteiger partial charge on any atom is -0.508 e. The fourth-order valence-corrected chi connectivity index (χ4v) is 0.840. The molecule has 0 aliphatic rings. The van der Waals surface area contributed by atoms with Crippen molar-refractivity contribution in [3.63, 3.8) is 0 Å². The second kappa shape index (κ2) is 5.19. The van der Waals surface area contributed by atoms with E-state index in [0.717, 1.165) is 0 Å². The van der Waals surface area contributed by atoms with Crippen molar-refractivity contribution in [2.45, 2.75) is 20.8 Å². The van der Waals surface area contributed by atoms with E-state index < -0.39 is 5.97 Å². The number of phenolic OH excluding ortho intramolecular Hbond substituents is 1. The fourth-order valence-electron chi connectivity index (χ4n) is 0.840. The molecule has 0 fully saturated rings. The van der Waals surface area contributed by atoms with E-state index in [0.29, 0.717) is 5.56 Å². The molecule has 72 valence electrons. The van der Waals surface area contributed by atoms with Gasteiger partial charge in [0.05, 0.1) is 5.56 Å². The van der Waals surface area contributed by atoms with Gasteiger partial charge < -0.3 is 10.2 Å². The highest BCUT2D eigenvalue weighted by Crippen LogP contribution is 2.15. The third-order valence-electron chi connectivity index (χ3n) is 1.45. The topological polar surface area (TPSA) is 57.5 Å². The van der Waals surface area contributed by atoms with Crippen LogP contribution in [-0.2, 0) is 0 Å². The summed E-state index contributed by atoms with van der Waals surface area (Å²) < 4.78 is 0. The van der Waals surface area contributed by atoms with E-state index in [4.69, 9.17) is 10.2 Å². The van der Waals surface area contributed by atoms with Crippen molar-refractivity contribution in [2.24, 2.45) is 0 Å². The highest BCUT2D eigenvalue weighted by Gasteiger charge is 2.06. The summed E-state index contributed by atoms with van der Waals surface area (Å²) in [4.78, 5) is 10.5. The summed E-state index contributed by atoms with van der Waals surface area (Å²) in [5.41, 5.74) is 0.792. The molecule has 0 aliphatic heterocycles. The number of aromatic hydroxyl groups is 1. The summed E-state index contributed by atoms with van der Waals surface area (Å²) in [5, 5.41) is 17.5. The van der Waals surface area contributed by atoms with Crippen molar-refractivity contribution in [3.8, 4) is 5.75 Å². The van der Waals surface area contributed by atoms with Crippen molar-refractivity contribution in [2.75, 3.05) is 0 Å². The van der Waals surface area contributed by atoms with E-state index in [1.165, 1.54) is 12.1 Å². The van der Waals surface area contributed by atoms with E-state index in [1.807, 2.05) is 13.8 Å². The predicted molar refractivity (Wildman–Crippen MR) is 51.2 cm³/mol. The Hall–Kier alpha value is -1.51. The minimum absolute atomic E-state index is 0.0204. The molecule has 0 aromatic heterocycles. The summed E-state index contributed by atoms with van der Waals surface area (Å²) in [5.74, 6) is -1.04. The van der Waals surface area contributed by atoms with Gasteiger partial charge in [0.25, 0.3) is 0 Å². The Bertz CT molecular complexity index is 292. The van der Waals surface area contributed by atoms with Crippen LogP contribution in [-0.4, -0.2) is 16.2 Å². The Morgan fingerprint density at radius 2 is 1.85 bits per heavy atom. The van der Waals surface area contributed by atoms with Gasteiger partial charge in [0.15, 0.2) is 0 Å².